The Kier molecular flexibility index (Phi) is 8.80. The Balaban J connectivity index is 1.80. The SMILES string of the molecule is CC(C)=CCC/C(C)=C/CC/C(C)=C/CCC1(C)CCc2ccc(C)c(C)c2O1. The van der Waals surface area contributed by atoms with Gasteiger partial charge in [0.15, 0.2) is 0 Å². The third kappa shape index (κ3) is 7.53. The molecule has 1 aromatic rings. The smallest absolute Gasteiger partial charge is 0.126 e. The van der Waals surface area contributed by atoms with Gasteiger partial charge in [-0.15, -0.1) is 0 Å². The van der Waals surface area contributed by atoms with Crippen molar-refractivity contribution in [1.82, 2.24) is 0 Å². The Labute approximate surface area is 179 Å². The lowest BCUT2D eigenvalue weighted by atomic mass is 9.87. The summed E-state index contributed by atoms with van der Waals surface area (Å²) in [6.45, 7) is 15.5. The predicted molar refractivity (Wildman–Crippen MR) is 128 cm³/mol. The molecule has 0 radical (unpaired) electrons. The second-order valence-corrected chi connectivity index (χ2v) is 9.55. The molecule has 1 atom stereocenters. The molecule has 0 saturated heterocycles. The van der Waals surface area contributed by atoms with Gasteiger partial charge in [-0.05, 0) is 117 Å². The molecule has 1 aromatic carbocycles. The van der Waals surface area contributed by atoms with Gasteiger partial charge in [-0.25, -0.2) is 0 Å². The van der Waals surface area contributed by atoms with Gasteiger partial charge in [-0.2, -0.15) is 0 Å². The van der Waals surface area contributed by atoms with E-state index in [9.17, 15) is 0 Å². The van der Waals surface area contributed by atoms with Gasteiger partial charge in [0, 0.05) is 0 Å². The van der Waals surface area contributed by atoms with Crippen LogP contribution >= 0.6 is 0 Å². The molecular weight excluding hydrogens is 352 g/mol. The van der Waals surface area contributed by atoms with Crippen LogP contribution in [0, 0.1) is 13.8 Å². The van der Waals surface area contributed by atoms with Crippen LogP contribution in [0.25, 0.3) is 0 Å². The van der Waals surface area contributed by atoms with Crippen LogP contribution in [0.1, 0.15) is 96.3 Å². The average Bonchev–Trinajstić information content (AvgIpc) is 2.65. The summed E-state index contributed by atoms with van der Waals surface area (Å²) < 4.78 is 6.54. The van der Waals surface area contributed by atoms with Crippen molar-refractivity contribution in [1.29, 1.82) is 0 Å². The maximum absolute atomic E-state index is 6.54. The molecule has 0 fully saturated rings. The largest absolute Gasteiger partial charge is 0.487 e. The van der Waals surface area contributed by atoms with Crippen LogP contribution in [0.4, 0.5) is 0 Å². The number of benzene rings is 1. The summed E-state index contributed by atoms with van der Waals surface area (Å²) >= 11 is 0. The van der Waals surface area contributed by atoms with Crippen LogP contribution in [0.5, 0.6) is 5.75 Å². The molecule has 2 rings (SSSR count). The average molecular weight is 395 g/mol. The van der Waals surface area contributed by atoms with Crippen LogP contribution in [0.3, 0.4) is 0 Å². The summed E-state index contributed by atoms with van der Waals surface area (Å²) in [4.78, 5) is 0. The van der Waals surface area contributed by atoms with Gasteiger partial charge < -0.3 is 4.74 Å². The minimum Gasteiger partial charge on any atom is -0.487 e. The Morgan fingerprint density at radius 1 is 0.931 bits per heavy atom. The summed E-state index contributed by atoms with van der Waals surface area (Å²) in [5, 5.41) is 0. The van der Waals surface area contributed by atoms with E-state index >= 15 is 0 Å². The first-order valence-electron chi connectivity index (χ1n) is 11.4. The monoisotopic (exact) mass is 394 g/mol. The van der Waals surface area contributed by atoms with Crippen LogP contribution in [-0.2, 0) is 6.42 Å². The fourth-order valence-corrected chi connectivity index (χ4v) is 4.02. The van der Waals surface area contributed by atoms with Crippen LogP contribution < -0.4 is 4.74 Å². The Hall–Kier alpha value is -1.76. The number of fused-ring (bicyclic) bond motifs is 1. The highest BCUT2D eigenvalue weighted by atomic mass is 16.5. The van der Waals surface area contributed by atoms with Crippen LogP contribution in [-0.4, -0.2) is 5.60 Å². The van der Waals surface area contributed by atoms with Crippen LogP contribution in [0.2, 0.25) is 0 Å². The molecule has 1 aliphatic rings. The fourth-order valence-electron chi connectivity index (χ4n) is 4.02. The summed E-state index contributed by atoms with van der Waals surface area (Å²) in [6.07, 6.45) is 16.3. The molecule has 0 bridgehead atoms. The number of allylic oxidation sites excluding steroid dienone is 6. The summed E-state index contributed by atoms with van der Waals surface area (Å²) in [7, 11) is 0. The van der Waals surface area contributed by atoms with Crippen molar-refractivity contribution in [2.45, 2.75) is 105 Å². The number of aryl methyl sites for hydroxylation is 2. The van der Waals surface area contributed by atoms with Gasteiger partial charge in [0.2, 0.25) is 0 Å². The molecule has 0 amide bonds. The van der Waals surface area contributed by atoms with E-state index in [1.807, 2.05) is 0 Å². The van der Waals surface area contributed by atoms with E-state index in [4.69, 9.17) is 4.74 Å². The normalized spacial score (nSPS) is 19.6. The van der Waals surface area contributed by atoms with Crippen molar-refractivity contribution >= 4 is 0 Å². The molecular formula is C28H42O. The van der Waals surface area contributed by atoms with E-state index in [1.165, 1.54) is 52.7 Å². The Morgan fingerprint density at radius 2 is 1.55 bits per heavy atom. The second kappa shape index (κ2) is 10.9. The standard InChI is InChI=1S/C28H42O/c1-21(2)11-8-12-22(3)13-9-14-23(4)15-10-19-28(7)20-18-26-17-16-24(5)25(6)27(26)29-28/h11,13,15-17H,8-10,12,14,18-20H2,1-7H3/b22-13+,23-15+. The molecule has 1 heteroatoms. The highest BCUT2D eigenvalue weighted by molar-refractivity contribution is 5.47. The first kappa shape index (κ1) is 23.5. The summed E-state index contributed by atoms with van der Waals surface area (Å²) in [5.41, 5.74) is 8.42. The van der Waals surface area contributed by atoms with Gasteiger partial charge in [0.1, 0.15) is 11.4 Å². The molecule has 1 aliphatic heterocycles. The number of hydrogen-bond acceptors (Lipinski definition) is 1. The number of hydrogen-bond donors (Lipinski definition) is 0. The zero-order valence-electron chi connectivity index (χ0n) is 20.0. The third-order valence-electron chi connectivity index (χ3n) is 6.32. The molecule has 0 N–H and O–H groups in total. The molecule has 1 unspecified atom stereocenters. The van der Waals surface area contributed by atoms with E-state index in [0.717, 1.165) is 37.9 Å². The van der Waals surface area contributed by atoms with E-state index in [0.29, 0.717) is 0 Å². The van der Waals surface area contributed by atoms with E-state index in [-0.39, 0.29) is 5.60 Å². The van der Waals surface area contributed by atoms with Gasteiger partial charge in [-0.3, -0.25) is 0 Å². The lowest BCUT2D eigenvalue weighted by Gasteiger charge is -2.37. The first-order chi connectivity index (χ1) is 13.7. The first-order valence-corrected chi connectivity index (χ1v) is 11.4. The minimum atomic E-state index is -0.0379. The second-order valence-electron chi connectivity index (χ2n) is 9.55. The molecule has 0 spiro atoms. The molecule has 29 heavy (non-hydrogen) atoms. The zero-order chi connectivity index (χ0) is 21.4. The van der Waals surface area contributed by atoms with Crippen molar-refractivity contribution in [2.24, 2.45) is 0 Å². The van der Waals surface area contributed by atoms with Crippen molar-refractivity contribution in [3.63, 3.8) is 0 Å². The highest BCUT2D eigenvalue weighted by Crippen LogP contribution is 2.39. The predicted octanol–water partition coefficient (Wildman–Crippen LogP) is 8.59. The number of ether oxygens (including phenoxy) is 1. The maximum Gasteiger partial charge on any atom is 0.126 e. The molecule has 1 nitrogen and oxygen atoms in total. The van der Waals surface area contributed by atoms with Crippen LogP contribution in [0.15, 0.2) is 47.1 Å². The van der Waals surface area contributed by atoms with Crippen molar-refractivity contribution in [2.75, 3.05) is 0 Å². The molecule has 160 valence electrons. The lowest BCUT2D eigenvalue weighted by molar-refractivity contribution is 0.0562. The summed E-state index contributed by atoms with van der Waals surface area (Å²) in [5.74, 6) is 1.15. The van der Waals surface area contributed by atoms with E-state index in [2.05, 4.69) is 78.8 Å². The third-order valence-corrected chi connectivity index (χ3v) is 6.32. The van der Waals surface area contributed by atoms with E-state index < -0.39 is 0 Å². The summed E-state index contributed by atoms with van der Waals surface area (Å²) in [6, 6.07) is 4.47. The molecule has 0 aromatic heterocycles. The fraction of sp³-hybridized carbons (Fsp3) is 0.571. The van der Waals surface area contributed by atoms with Gasteiger partial charge >= 0.3 is 0 Å². The quantitative estimate of drug-likeness (QED) is 0.381. The molecule has 1 heterocycles. The van der Waals surface area contributed by atoms with Crippen molar-refractivity contribution < 1.29 is 4.74 Å². The molecule has 0 saturated carbocycles. The van der Waals surface area contributed by atoms with E-state index in [1.54, 1.807) is 0 Å². The van der Waals surface area contributed by atoms with Gasteiger partial charge in [0.05, 0.1) is 0 Å². The minimum absolute atomic E-state index is 0.0379. The van der Waals surface area contributed by atoms with Crippen molar-refractivity contribution in [3.8, 4) is 5.75 Å². The molecule has 0 aliphatic carbocycles. The zero-order valence-corrected chi connectivity index (χ0v) is 20.0. The number of rotatable bonds is 9. The highest BCUT2D eigenvalue weighted by Gasteiger charge is 2.31. The van der Waals surface area contributed by atoms with Gasteiger partial charge in [0.25, 0.3) is 0 Å². The maximum atomic E-state index is 6.54. The Bertz CT molecular complexity index is 774. The van der Waals surface area contributed by atoms with Crippen molar-refractivity contribution in [3.05, 3.63) is 63.8 Å². The topological polar surface area (TPSA) is 9.23 Å². The lowest BCUT2D eigenvalue weighted by Crippen LogP contribution is -2.36. The Morgan fingerprint density at radius 3 is 2.21 bits per heavy atom. The van der Waals surface area contributed by atoms with Gasteiger partial charge in [-0.1, -0.05) is 47.1 Å².